The van der Waals surface area contributed by atoms with E-state index in [0.29, 0.717) is 30.9 Å². The molecule has 0 radical (unpaired) electrons. The molecule has 1 fully saturated rings. The molecule has 0 bridgehead atoms. The minimum Gasteiger partial charge on any atom is -0.389 e. The van der Waals surface area contributed by atoms with Gasteiger partial charge in [0.25, 0.3) is 0 Å². The van der Waals surface area contributed by atoms with Crippen LogP contribution in [0.15, 0.2) is 18.2 Å². The highest BCUT2D eigenvalue weighted by Crippen LogP contribution is 2.27. The number of piperidine rings is 1. The predicted molar refractivity (Wildman–Crippen MR) is 71.0 cm³/mol. The zero-order valence-corrected chi connectivity index (χ0v) is 11.5. The molecule has 19 heavy (non-hydrogen) atoms. The lowest BCUT2D eigenvalue weighted by Gasteiger charge is -2.40. The minimum absolute atomic E-state index is 0.313. The average Bonchev–Trinajstić information content (AvgIpc) is 2.27. The molecule has 2 nitrogen and oxygen atoms in total. The molecule has 1 N–H and O–H groups in total. The first-order valence-corrected chi connectivity index (χ1v) is 6.79. The quantitative estimate of drug-likeness (QED) is 0.912. The standard InChI is InChI=1S/C15H21F2NO/c1-11(2)18-5-3-15(19,4-6-18)10-12-7-13(16)9-14(17)8-12/h7-9,11,19H,3-6,10H2,1-2H3. The third-order valence-corrected chi connectivity index (χ3v) is 3.91. The van der Waals surface area contributed by atoms with E-state index in [0.717, 1.165) is 19.2 Å². The van der Waals surface area contributed by atoms with E-state index in [4.69, 9.17) is 0 Å². The molecule has 1 aromatic carbocycles. The summed E-state index contributed by atoms with van der Waals surface area (Å²) in [6, 6.07) is 3.93. The maximum absolute atomic E-state index is 13.1. The molecule has 1 aromatic rings. The summed E-state index contributed by atoms with van der Waals surface area (Å²) in [7, 11) is 0. The number of benzene rings is 1. The second kappa shape index (κ2) is 5.55. The summed E-state index contributed by atoms with van der Waals surface area (Å²) in [5, 5.41) is 10.5. The van der Waals surface area contributed by atoms with Crippen molar-refractivity contribution in [2.75, 3.05) is 13.1 Å². The van der Waals surface area contributed by atoms with Gasteiger partial charge in [-0.3, -0.25) is 0 Å². The van der Waals surface area contributed by atoms with Gasteiger partial charge < -0.3 is 10.0 Å². The van der Waals surface area contributed by atoms with E-state index in [1.807, 2.05) is 0 Å². The van der Waals surface area contributed by atoms with Crippen LogP contribution in [0.3, 0.4) is 0 Å². The van der Waals surface area contributed by atoms with Crippen LogP contribution < -0.4 is 0 Å². The van der Waals surface area contributed by atoms with Crippen molar-refractivity contribution in [2.24, 2.45) is 0 Å². The molecule has 106 valence electrons. The van der Waals surface area contributed by atoms with E-state index in [1.165, 1.54) is 12.1 Å². The smallest absolute Gasteiger partial charge is 0.126 e. The first-order valence-electron chi connectivity index (χ1n) is 6.79. The molecule has 0 spiro atoms. The van der Waals surface area contributed by atoms with Crippen molar-refractivity contribution >= 4 is 0 Å². The lowest BCUT2D eigenvalue weighted by Crippen LogP contribution is -2.47. The summed E-state index contributed by atoms with van der Waals surface area (Å²) in [6.45, 7) is 5.91. The van der Waals surface area contributed by atoms with Crippen LogP contribution in [0.1, 0.15) is 32.3 Å². The third-order valence-electron chi connectivity index (χ3n) is 3.91. The van der Waals surface area contributed by atoms with E-state index >= 15 is 0 Å². The number of hydrogen-bond acceptors (Lipinski definition) is 2. The average molecular weight is 269 g/mol. The van der Waals surface area contributed by atoms with E-state index in [1.54, 1.807) is 0 Å². The summed E-state index contributed by atoms with van der Waals surface area (Å²) in [4.78, 5) is 2.31. The number of aliphatic hydroxyl groups is 1. The van der Waals surface area contributed by atoms with Gasteiger partial charge in [-0.1, -0.05) is 0 Å². The first-order chi connectivity index (χ1) is 8.88. The Balaban J connectivity index is 2.02. The second-order valence-corrected chi connectivity index (χ2v) is 5.81. The zero-order chi connectivity index (χ0) is 14.0. The lowest BCUT2D eigenvalue weighted by molar-refractivity contribution is -0.0272. The number of nitrogens with zero attached hydrogens (tertiary/aromatic N) is 1. The van der Waals surface area contributed by atoms with Crippen molar-refractivity contribution in [2.45, 2.75) is 44.8 Å². The van der Waals surface area contributed by atoms with Crippen molar-refractivity contribution in [1.29, 1.82) is 0 Å². The molecular weight excluding hydrogens is 248 g/mol. The first kappa shape index (κ1) is 14.4. The van der Waals surface area contributed by atoms with E-state index in [2.05, 4.69) is 18.7 Å². The summed E-state index contributed by atoms with van der Waals surface area (Å²) < 4.78 is 26.3. The highest BCUT2D eigenvalue weighted by Gasteiger charge is 2.33. The number of hydrogen-bond donors (Lipinski definition) is 1. The van der Waals surface area contributed by atoms with Gasteiger partial charge in [0.1, 0.15) is 11.6 Å². The Morgan fingerprint density at radius 3 is 2.16 bits per heavy atom. The maximum Gasteiger partial charge on any atom is 0.126 e. The molecule has 1 aliphatic rings. The van der Waals surface area contributed by atoms with Gasteiger partial charge in [-0.25, -0.2) is 8.78 Å². The largest absolute Gasteiger partial charge is 0.389 e. The van der Waals surface area contributed by atoms with Crippen molar-refractivity contribution < 1.29 is 13.9 Å². The monoisotopic (exact) mass is 269 g/mol. The molecule has 1 heterocycles. The highest BCUT2D eigenvalue weighted by atomic mass is 19.1. The fourth-order valence-electron chi connectivity index (χ4n) is 2.73. The van der Waals surface area contributed by atoms with Crippen LogP contribution in [-0.2, 0) is 6.42 Å². The molecule has 1 aliphatic heterocycles. The molecule has 1 saturated heterocycles. The Hall–Kier alpha value is -1.00. The van der Waals surface area contributed by atoms with Crippen molar-refractivity contribution in [1.82, 2.24) is 4.90 Å². The van der Waals surface area contributed by atoms with Crippen LogP contribution in [0, 0.1) is 11.6 Å². The molecule has 0 aromatic heterocycles. The fourth-order valence-corrected chi connectivity index (χ4v) is 2.73. The molecule has 0 unspecified atom stereocenters. The van der Waals surface area contributed by atoms with Gasteiger partial charge in [0, 0.05) is 31.6 Å². The van der Waals surface area contributed by atoms with Crippen LogP contribution in [-0.4, -0.2) is 34.7 Å². The summed E-state index contributed by atoms with van der Waals surface area (Å²) in [5.41, 5.74) is -0.316. The molecule has 0 amide bonds. The number of halogens is 2. The van der Waals surface area contributed by atoms with Crippen LogP contribution in [0.2, 0.25) is 0 Å². The Kier molecular flexibility index (Phi) is 4.21. The SMILES string of the molecule is CC(C)N1CCC(O)(Cc2cc(F)cc(F)c2)CC1. The molecular formula is C15H21F2NO. The number of likely N-dealkylation sites (tertiary alicyclic amines) is 1. The van der Waals surface area contributed by atoms with Crippen molar-refractivity contribution in [3.05, 3.63) is 35.4 Å². The van der Waals surface area contributed by atoms with Gasteiger partial charge in [0.05, 0.1) is 5.60 Å². The second-order valence-electron chi connectivity index (χ2n) is 5.81. The number of rotatable bonds is 3. The molecule has 2 rings (SSSR count). The Morgan fingerprint density at radius 1 is 1.16 bits per heavy atom. The summed E-state index contributed by atoms with van der Waals surface area (Å²) in [5.74, 6) is -1.17. The predicted octanol–water partition coefficient (Wildman–Crippen LogP) is 2.74. The highest BCUT2D eigenvalue weighted by molar-refractivity contribution is 5.20. The fraction of sp³-hybridized carbons (Fsp3) is 0.600. The Bertz CT molecular complexity index is 420. The Morgan fingerprint density at radius 2 is 1.68 bits per heavy atom. The van der Waals surface area contributed by atoms with Crippen molar-refractivity contribution in [3.8, 4) is 0 Å². The maximum atomic E-state index is 13.1. The van der Waals surface area contributed by atoms with Crippen LogP contribution in [0.4, 0.5) is 8.78 Å². The Labute approximate surface area is 113 Å². The summed E-state index contributed by atoms with van der Waals surface area (Å²) >= 11 is 0. The van der Waals surface area contributed by atoms with Gasteiger partial charge in [-0.15, -0.1) is 0 Å². The molecule has 0 aliphatic carbocycles. The van der Waals surface area contributed by atoms with Gasteiger partial charge in [0.2, 0.25) is 0 Å². The van der Waals surface area contributed by atoms with Gasteiger partial charge in [-0.05, 0) is 44.4 Å². The normalized spacial score (nSPS) is 19.9. The van der Waals surface area contributed by atoms with Crippen LogP contribution in [0.25, 0.3) is 0 Å². The van der Waals surface area contributed by atoms with Gasteiger partial charge in [-0.2, -0.15) is 0 Å². The van der Waals surface area contributed by atoms with Crippen molar-refractivity contribution in [3.63, 3.8) is 0 Å². The third kappa shape index (κ3) is 3.74. The van der Waals surface area contributed by atoms with Gasteiger partial charge >= 0.3 is 0 Å². The van der Waals surface area contributed by atoms with E-state index in [9.17, 15) is 13.9 Å². The van der Waals surface area contributed by atoms with Gasteiger partial charge in [0.15, 0.2) is 0 Å². The van der Waals surface area contributed by atoms with E-state index in [-0.39, 0.29) is 0 Å². The molecule has 4 heteroatoms. The van der Waals surface area contributed by atoms with Crippen LogP contribution in [0.5, 0.6) is 0 Å². The zero-order valence-electron chi connectivity index (χ0n) is 11.5. The summed E-state index contributed by atoms with van der Waals surface area (Å²) in [6.07, 6.45) is 1.60. The molecule has 0 atom stereocenters. The minimum atomic E-state index is -0.842. The topological polar surface area (TPSA) is 23.5 Å². The lowest BCUT2D eigenvalue weighted by atomic mass is 9.85. The van der Waals surface area contributed by atoms with Crippen LogP contribution >= 0.6 is 0 Å². The molecule has 0 saturated carbocycles. The van der Waals surface area contributed by atoms with E-state index < -0.39 is 17.2 Å².